The molecule has 76 valence electrons. The lowest BCUT2D eigenvalue weighted by Gasteiger charge is -2.22. The van der Waals surface area contributed by atoms with Gasteiger partial charge in [-0.05, 0) is 24.8 Å². The van der Waals surface area contributed by atoms with Gasteiger partial charge in [-0.2, -0.15) is 0 Å². The number of ether oxygens (including phenoxy) is 2. The van der Waals surface area contributed by atoms with E-state index in [1.807, 2.05) is 18.2 Å². The number of hydrogen-bond acceptors (Lipinski definition) is 2. The molecule has 0 spiro atoms. The Bertz CT molecular complexity index is 252. The maximum Gasteiger partial charge on any atom is 0.158 e. The van der Waals surface area contributed by atoms with Gasteiger partial charge in [0, 0.05) is 6.61 Å². The lowest BCUT2D eigenvalue weighted by atomic mass is 10.2. The van der Waals surface area contributed by atoms with Crippen LogP contribution in [-0.4, -0.2) is 12.9 Å². The molecule has 1 aliphatic heterocycles. The highest BCUT2D eigenvalue weighted by atomic mass is 16.7. The Balaban J connectivity index is 1.76. The highest BCUT2D eigenvalue weighted by molar-refractivity contribution is 5.13. The summed E-state index contributed by atoms with van der Waals surface area (Å²) in [7, 11) is 0. The fourth-order valence-corrected chi connectivity index (χ4v) is 1.61. The summed E-state index contributed by atoms with van der Waals surface area (Å²) in [5.41, 5.74) is 1.21. The summed E-state index contributed by atoms with van der Waals surface area (Å²) in [5, 5.41) is 0. The Kier molecular flexibility index (Phi) is 3.55. The van der Waals surface area contributed by atoms with Gasteiger partial charge in [0.25, 0.3) is 0 Å². The molecule has 1 aliphatic rings. The molecule has 1 atom stereocenters. The first kappa shape index (κ1) is 9.69. The molecule has 1 unspecified atom stereocenters. The number of hydrogen-bond donors (Lipinski definition) is 0. The standard InChI is InChI=1S/C12H16O2/c1-2-6-11(7-3-1)10-14-12-8-4-5-9-13-12/h1-3,6-7,12H,4-5,8-10H2. The van der Waals surface area contributed by atoms with Crippen LogP contribution in [0.5, 0.6) is 0 Å². The molecule has 1 saturated heterocycles. The number of rotatable bonds is 3. The minimum absolute atomic E-state index is 0.0176. The smallest absolute Gasteiger partial charge is 0.158 e. The molecule has 0 aromatic heterocycles. The predicted molar refractivity (Wildman–Crippen MR) is 54.8 cm³/mol. The Labute approximate surface area is 84.8 Å². The van der Waals surface area contributed by atoms with Gasteiger partial charge in [0.05, 0.1) is 6.61 Å². The van der Waals surface area contributed by atoms with Gasteiger partial charge < -0.3 is 9.47 Å². The quantitative estimate of drug-likeness (QED) is 0.733. The van der Waals surface area contributed by atoms with Crippen LogP contribution >= 0.6 is 0 Å². The fraction of sp³-hybridized carbons (Fsp3) is 0.500. The lowest BCUT2D eigenvalue weighted by molar-refractivity contribution is -0.168. The van der Waals surface area contributed by atoms with Crippen LogP contribution < -0.4 is 0 Å². The van der Waals surface area contributed by atoms with Crippen LogP contribution in [0.1, 0.15) is 24.8 Å². The van der Waals surface area contributed by atoms with Crippen LogP contribution in [0.15, 0.2) is 30.3 Å². The molecule has 1 heterocycles. The summed E-state index contributed by atoms with van der Waals surface area (Å²) < 4.78 is 11.1. The number of benzene rings is 1. The van der Waals surface area contributed by atoms with Gasteiger partial charge in [-0.15, -0.1) is 0 Å². The molecule has 0 aliphatic carbocycles. The molecule has 1 aromatic carbocycles. The monoisotopic (exact) mass is 192 g/mol. The Morgan fingerprint density at radius 2 is 2.07 bits per heavy atom. The van der Waals surface area contributed by atoms with E-state index in [0.717, 1.165) is 13.0 Å². The van der Waals surface area contributed by atoms with Crippen LogP contribution in [0.4, 0.5) is 0 Å². The maximum atomic E-state index is 5.65. The predicted octanol–water partition coefficient (Wildman–Crippen LogP) is 2.73. The molecule has 0 saturated carbocycles. The van der Waals surface area contributed by atoms with E-state index >= 15 is 0 Å². The first-order valence-corrected chi connectivity index (χ1v) is 5.22. The van der Waals surface area contributed by atoms with Crippen molar-refractivity contribution in [2.24, 2.45) is 0 Å². The zero-order chi connectivity index (χ0) is 9.64. The highest BCUT2D eigenvalue weighted by Crippen LogP contribution is 2.15. The topological polar surface area (TPSA) is 18.5 Å². The van der Waals surface area contributed by atoms with Crippen LogP contribution in [0.2, 0.25) is 0 Å². The first-order valence-electron chi connectivity index (χ1n) is 5.22. The Morgan fingerprint density at radius 3 is 2.79 bits per heavy atom. The molecule has 0 bridgehead atoms. The molecular weight excluding hydrogens is 176 g/mol. The lowest BCUT2D eigenvalue weighted by Crippen LogP contribution is -2.21. The normalized spacial score (nSPS) is 22.1. The van der Waals surface area contributed by atoms with Crippen molar-refractivity contribution in [3.05, 3.63) is 35.9 Å². The zero-order valence-corrected chi connectivity index (χ0v) is 8.32. The summed E-state index contributed by atoms with van der Waals surface area (Å²) in [5.74, 6) is 0. The summed E-state index contributed by atoms with van der Waals surface area (Å²) in [6.07, 6.45) is 3.45. The second-order valence-corrected chi connectivity index (χ2v) is 3.59. The van der Waals surface area contributed by atoms with Crippen LogP contribution in [-0.2, 0) is 16.1 Å². The van der Waals surface area contributed by atoms with Gasteiger partial charge in [0.2, 0.25) is 0 Å². The summed E-state index contributed by atoms with van der Waals surface area (Å²) in [6, 6.07) is 10.2. The summed E-state index contributed by atoms with van der Waals surface area (Å²) in [4.78, 5) is 0. The van der Waals surface area contributed by atoms with E-state index < -0.39 is 0 Å². The van der Waals surface area contributed by atoms with E-state index in [9.17, 15) is 0 Å². The van der Waals surface area contributed by atoms with Crippen LogP contribution in [0.25, 0.3) is 0 Å². The van der Waals surface area contributed by atoms with Gasteiger partial charge in [0.15, 0.2) is 6.29 Å². The third-order valence-corrected chi connectivity index (χ3v) is 2.42. The summed E-state index contributed by atoms with van der Waals surface area (Å²) in [6.45, 7) is 1.50. The van der Waals surface area contributed by atoms with Crippen molar-refractivity contribution in [1.82, 2.24) is 0 Å². The molecule has 0 amide bonds. The van der Waals surface area contributed by atoms with Gasteiger partial charge >= 0.3 is 0 Å². The minimum Gasteiger partial charge on any atom is -0.353 e. The van der Waals surface area contributed by atoms with E-state index in [-0.39, 0.29) is 6.29 Å². The zero-order valence-electron chi connectivity index (χ0n) is 8.32. The van der Waals surface area contributed by atoms with E-state index in [1.165, 1.54) is 18.4 Å². The molecule has 1 fully saturated rings. The highest BCUT2D eigenvalue weighted by Gasteiger charge is 2.13. The maximum absolute atomic E-state index is 5.65. The minimum atomic E-state index is 0.0176. The van der Waals surface area contributed by atoms with Crippen molar-refractivity contribution in [3.63, 3.8) is 0 Å². The van der Waals surface area contributed by atoms with Gasteiger partial charge in [-0.1, -0.05) is 30.3 Å². The molecule has 0 radical (unpaired) electrons. The molecule has 2 heteroatoms. The van der Waals surface area contributed by atoms with Gasteiger partial charge in [-0.25, -0.2) is 0 Å². The largest absolute Gasteiger partial charge is 0.353 e. The van der Waals surface area contributed by atoms with Crippen molar-refractivity contribution in [1.29, 1.82) is 0 Å². The van der Waals surface area contributed by atoms with Gasteiger partial charge in [0.1, 0.15) is 0 Å². The first-order chi connectivity index (χ1) is 6.95. The molecule has 2 nitrogen and oxygen atoms in total. The SMILES string of the molecule is c1ccc(COC2CCCCO2)cc1. The van der Waals surface area contributed by atoms with Crippen molar-refractivity contribution in [2.45, 2.75) is 32.2 Å². The van der Waals surface area contributed by atoms with Crippen LogP contribution in [0.3, 0.4) is 0 Å². The average molecular weight is 192 g/mol. The van der Waals surface area contributed by atoms with Crippen molar-refractivity contribution < 1.29 is 9.47 Å². The Hall–Kier alpha value is -0.860. The van der Waals surface area contributed by atoms with E-state index in [0.29, 0.717) is 6.61 Å². The second-order valence-electron chi connectivity index (χ2n) is 3.59. The Morgan fingerprint density at radius 1 is 1.21 bits per heavy atom. The van der Waals surface area contributed by atoms with E-state index in [4.69, 9.17) is 9.47 Å². The average Bonchev–Trinajstić information content (AvgIpc) is 2.29. The van der Waals surface area contributed by atoms with Crippen molar-refractivity contribution in [3.8, 4) is 0 Å². The van der Waals surface area contributed by atoms with Crippen molar-refractivity contribution >= 4 is 0 Å². The molecule has 1 aromatic rings. The van der Waals surface area contributed by atoms with Crippen molar-refractivity contribution in [2.75, 3.05) is 6.61 Å². The molecule has 2 rings (SSSR count). The fourth-order valence-electron chi connectivity index (χ4n) is 1.61. The van der Waals surface area contributed by atoms with E-state index in [1.54, 1.807) is 0 Å². The third kappa shape index (κ3) is 2.82. The van der Waals surface area contributed by atoms with E-state index in [2.05, 4.69) is 12.1 Å². The summed E-state index contributed by atoms with van der Waals surface area (Å²) >= 11 is 0. The third-order valence-electron chi connectivity index (χ3n) is 2.42. The molecule has 0 N–H and O–H groups in total. The second kappa shape index (κ2) is 5.13. The molecular formula is C12H16O2. The van der Waals surface area contributed by atoms with Gasteiger partial charge in [-0.3, -0.25) is 0 Å². The van der Waals surface area contributed by atoms with Crippen LogP contribution in [0, 0.1) is 0 Å². The molecule has 14 heavy (non-hydrogen) atoms.